The molecule has 0 saturated heterocycles. The van der Waals surface area contributed by atoms with Crippen molar-refractivity contribution in [3.63, 3.8) is 0 Å². The summed E-state index contributed by atoms with van der Waals surface area (Å²) in [4.78, 5) is 15.0. The summed E-state index contributed by atoms with van der Waals surface area (Å²) in [5.74, 6) is 3.32. The zero-order chi connectivity index (χ0) is 11.0. The summed E-state index contributed by atoms with van der Waals surface area (Å²) in [6, 6.07) is 0. The van der Waals surface area contributed by atoms with Crippen LogP contribution in [0, 0.1) is 5.41 Å². The van der Waals surface area contributed by atoms with Gasteiger partial charge in [0.05, 0.1) is 6.54 Å². The van der Waals surface area contributed by atoms with Crippen LogP contribution in [0.3, 0.4) is 0 Å². The van der Waals surface area contributed by atoms with E-state index in [-0.39, 0.29) is 5.12 Å². The first-order chi connectivity index (χ1) is 6.45. The summed E-state index contributed by atoms with van der Waals surface area (Å²) in [7, 11) is 0. The monoisotopic (exact) mass is 213 g/mol. The van der Waals surface area contributed by atoms with Crippen molar-refractivity contribution >= 4 is 22.7 Å². The molecule has 80 valence electrons. The first kappa shape index (κ1) is 13.5. The molecular formula is C11H19NOS. The van der Waals surface area contributed by atoms with Gasteiger partial charge in [-0.25, -0.2) is 4.99 Å². The molecule has 0 amide bonds. The Labute approximate surface area is 90.9 Å². The summed E-state index contributed by atoms with van der Waals surface area (Å²) in [6.07, 6.45) is 1.56. The van der Waals surface area contributed by atoms with Crippen LogP contribution < -0.4 is 0 Å². The molecule has 0 saturated carbocycles. The fourth-order valence-corrected chi connectivity index (χ4v) is 1.95. The van der Waals surface area contributed by atoms with Gasteiger partial charge >= 0.3 is 0 Å². The lowest BCUT2D eigenvalue weighted by Crippen LogP contribution is -2.07. The van der Waals surface area contributed by atoms with E-state index in [9.17, 15) is 4.79 Å². The third-order valence-electron chi connectivity index (χ3n) is 1.65. The lowest BCUT2D eigenvalue weighted by Gasteiger charge is -2.16. The average molecular weight is 213 g/mol. The van der Waals surface area contributed by atoms with E-state index in [4.69, 9.17) is 0 Å². The van der Waals surface area contributed by atoms with Crippen LogP contribution in [0.25, 0.3) is 0 Å². The molecule has 0 spiro atoms. The van der Waals surface area contributed by atoms with Gasteiger partial charge in [-0.2, -0.15) is 0 Å². The van der Waals surface area contributed by atoms with Crippen molar-refractivity contribution in [3.05, 3.63) is 6.58 Å². The van der Waals surface area contributed by atoms with Gasteiger partial charge in [0.2, 0.25) is 0 Å². The highest BCUT2D eigenvalue weighted by Gasteiger charge is 2.11. The number of nitrogens with zero attached hydrogens (tertiary/aromatic N) is 1. The summed E-state index contributed by atoms with van der Waals surface area (Å²) >= 11 is 1.41. The number of carbonyl (C=O) groups excluding carboxylic acids is 1. The SMILES string of the molecule is C=C=NCCC(=O)SCCC(C)(C)C. The molecule has 0 heterocycles. The van der Waals surface area contributed by atoms with Crippen molar-refractivity contribution < 1.29 is 4.79 Å². The van der Waals surface area contributed by atoms with E-state index in [2.05, 4.69) is 38.2 Å². The van der Waals surface area contributed by atoms with Crippen LogP contribution in [0.5, 0.6) is 0 Å². The number of hydrogen-bond acceptors (Lipinski definition) is 3. The first-order valence-corrected chi connectivity index (χ1v) is 5.78. The van der Waals surface area contributed by atoms with Crippen LogP contribution >= 0.6 is 11.8 Å². The van der Waals surface area contributed by atoms with Crippen LogP contribution in [-0.2, 0) is 4.79 Å². The third-order valence-corrected chi connectivity index (χ3v) is 2.59. The molecule has 14 heavy (non-hydrogen) atoms. The Morgan fingerprint density at radius 2 is 2.14 bits per heavy atom. The number of thioether (sulfide) groups is 1. The molecule has 0 aliphatic rings. The minimum Gasteiger partial charge on any atom is -0.287 e. The van der Waals surface area contributed by atoms with E-state index < -0.39 is 0 Å². The highest BCUT2D eigenvalue weighted by atomic mass is 32.2. The van der Waals surface area contributed by atoms with Crippen molar-refractivity contribution in [2.24, 2.45) is 10.4 Å². The third kappa shape index (κ3) is 9.56. The molecule has 0 unspecified atom stereocenters. The Kier molecular flexibility index (Phi) is 6.60. The van der Waals surface area contributed by atoms with Crippen molar-refractivity contribution in [1.29, 1.82) is 0 Å². The molecule has 0 rings (SSSR count). The predicted molar refractivity (Wildman–Crippen MR) is 64.1 cm³/mol. The molecule has 3 heteroatoms. The molecular weight excluding hydrogens is 194 g/mol. The molecule has 0 aromatic rings. The van der Waals surface area contributed by atoms with Gasteiger partial charge in [-0.1, -0.05) is 32.5 Å². The Morgan fingerprint density at radius 1 is 1.50 bits per heavy atom. The van der Waals surface area contributed by atoms with Crippen molar-refractivity contribution in [2.75, 3.05) is 12.3 Å². The molecule has 0 bridgehead atoms. The molecule has 0 atom stereocenters. The van der Waals surface area contributed by atoms with Gasteiger partial charge in [-0.3, -0.25) is 4.79 Å². The summed E-state index contributed by atoms with van der Waals surface area (Å²) in [5, 5.41) is 0.216. The Balaban J connectivity index is 3.50. The zero-order valence-electron chi connectivity index (χ0n) is 9.30. The van der Waals surface area contributed by atoms with E-state index >= 15 is 0 Å². The lowest BCUT2D eigenvalue weighted by atomic mass is 9.94. The molecule has 0 N–H and O–H groups in total. The van der Waals surface area contributed by atoms with Gasteiger partial charge in [0.1, 0.15) is 0 Å². The smallest absolute Gasteiger partial charge is 0.190 e. The number of aliphatic imine (C=N–C) groups is 1. The van der Waals surface area contributed by atoms with Crippen LogP contribution in [0.4, 0.5) is 0 Å². The summed E-state index contributed by atoms with van der Waals surface area (Å²) < 4.78 is 0. The average Bonchev–Trinajstić information content (AvgIpc) is 2.02. The standard InChI is InChI=1S/C11H19NOS/c1-5-12-8-6-10(13)14-9-7-11(2,3)4/h1,6-9H2,2-4H3. The fourth-order valence-electron chi connectivity index (χ4n) is 0.769. The Bertz CT molecular complexity index is 224. The van der Waals surface area contributed by atoms with E-state index in [0.717, 1.165) is 12.2 Å². The molecule has 0 aliphatic carbocycles. The van der Waals surface area contributed by atoms with E-state index in [0.29, 0.717) is 18.4 Å². The number of carbonyl (C=O) groups is 1. The van der Waals surface area contributed by atoms with Crippen LogP contribution in [0.2, 0.25) is 0 Å². The zero-order valence-corrected chi connectivity index (χ0v) is 10.1. The molecule has 2 nitrogen and oxygen atoms in total. The first-order valence-electron chi connectivity index (χ1n) is 4.80. The maximum atomic E-state index is 11.3. The topological polar surface area (TPSA) is 29.4 Å². The lowest BCUT2D eigenvalue weighted by molar-refractivity contribution is -0.110. The Hall–Kier alpha value is -0.530. The van der Waals surface area contributed by atoms with Gasteiger partial charge in [-0.15, -0.1) is 0 Å². The van der Waals surface area contributed by atoms with E-state index in [1.54, 1.807) is 0 Å². The maximum Gasteiger partial charge on any atom is 0.190 e. The normalized spacial score (nSPS) is 10.8. The predicted octanol–water partition coefficient (Wildman–Crippen LogP) is 2.93. The largest absolute Gasteiger partial charge is 0.287 e. The van der Waals surface area contributed by atoms with Crippen molar-refractivity contribution in [2.45, 2.75) is 33.6 Å². The number of rotatable bonds is 5. The molecule has 0 aromatic heterocycles. The second kappa shape index (κ2) is 6.86. The second-order valence-electron chi connectivity index (χ2n) is 4.32. The van der Waals surface area contributed by atoms with Gasteiger partial charge < -0.3 is 0 Å². The van der Waals surface area contributed by atoms with Crippen LogP contribution in [-0.4, -0.2) is 23.3 Å². The van der Waals surface area contributed by atoms with Gasteiger partial charge in [0.25, 0.3) is 0 Å². The highest BCUT2D eigenvalue weighted by molar-refractivity contribution is 8.13. The molecule has 0 aliphatic heterocycles. The number of hydrogen-bond donors (Lipinski definition) is 0. The van der Waals surface area contributed by atoms with Gasteiger partial charge in [0, 0.05) is 12.2 Å². The quantitative estimate of drug-likeness (QED) is 0.657. The van der Waals surface area contributed by atoms with Crippen molar-refractivity contribution in [1.82, 2.24) is 0 Å². The summed E-state index contributed by atoms with van der Waals surface area (Å²) in [5.41, 5.74) is 0.312. The van der Waals surface area contributed by atoms with Gasteiger partial charge in [0.15, 0.2) is 5.12 Å². The molecule has 0 radical (unpaired) electrons. The maximum absolute atomic E-state index is 11.3. The van der Waals surface area contributed by atoms with E-state index in [1.165, 1.54) is 11.8 Å². The summed E-state index contributed by atoms with van der Waals surface area (Å²) in [6.45, 7) is 10.4. The molecule has 0 aromatic carbocycles. The highest BCUT2D eigenvalue weighted by Crippen LogP contribution is 2.21. The fraction of sp³-hybridized carbons (Fsp3) is 0.727. The van der Waals surface area contributed by atoms with Crippen LogP contribution in [0.15, 0.2) is 11.6 Å². The Morgan fingerprint density at radius 3 is 2.64 bits per heavy atom. The van der Waals surface area contributed by atoms with E-state index in [1.807, 2.05) is 0 Å². The van der Waals surface area contributed by atoms with Gasteiger partial charge in [-0.05, 0) is 24.3 Å². The second-order valence-corrected chi connectivity index (χ2v) is 5.47. The van der Waals surface area contributed by atoms with Crippen LogP contribution in [0.1, 0.15) is 33.6 Å². The minimum atomic E-state index is 0.216. The minimum absolute atomic E-state index is 0.216. The van der Waals surface area contributed by atoms with Crippen molar-refractivity contribution in [3.8, 4) is 0 Å². The molecule has 0 fully saturated rings.